The minimum atomic E-state index is -0.443. The SMILES string of the molecule is COc1ccc(NC(=O)CSC2=NC(=O)N=C3CCCCC32)cc1. The number of carbonyl (C=O) groups is 2. The number of methoxy groups -OCH3 is 1. The molecule has 1 aliphatic heterocycles. The third kappa shape index (κ3) is 4.03. The van der Waals surface area contributed by atoms with Crippen LogP contribution in [0.15, 0.2) is 34.3 Å². The lowest BCUT2D eigenvalue weighted by molar-refractivity contribution is -0.113. The average molecular weight is 345 g/mol. The van der Waals surface area contributed by atoms with Gasteiger partial charge in [-0.05, 0) is 43.5 Å². The van der Waals surface area contributed by atoms with Crippen molar-refractivity contribution in [2.75, 3.05) is 18.2 Å². The highest BCUT2D eigenvalue weighted by Gasteiger charge is 2.30. The van der Waals surface area contributed by atoms with Gasteiger partial charge in [-0.3, -0.25) is 4.79 Å². The second-order valence-corrected chi connectivity index (χ2v) is 6.70. The lowest BCUT2D eigenvalue weighted by Gasteiger charge is -2.26. The number of fused-ring (bicyclic) bond motifs is 1. The summed E-state index contributed by atoms with van der Waals surface area (Å²) in [4.78, 5) is 31.8. The van der Waals surface area contributed by atoms with E-state index in [1.807, 2.05) is 0 Å². The van der Waals surface area contributed by atoms with E-state index in [2.05, 4.69) is 15.3 Å². The molecule has 1 fully saturated rings. The Kier molecular flexibility index (Phi) is 5.30. The van der Waals surface area contributed by atoms with Crippen molar-refractivity contribution >= 4 is 40.1 Å². The Morgan fingerprint density at radius 3 is 2.83 bits per heavy atom. The molecular formula is C17H19N3O3S. The van der Waals surface area contributed by atoms with E-state index < -0.39 is 6.03 Å². The Bertz CT molecular complexity index is 698. The lowest BCUT2D eigenvalue weighted by Crippen LogP contribution is -2.31. The van der Waals surface area contributed by atoms with Gasteiger partial charge in [0.2, 0.25) is 5.91 Å². The number of thioether (sulfide) groups is 1. The second kappa shape index (κ2) is 7.61. The molecule has 1 aromatic carbocycles. The van der Waals surface area contributed by atoms with Gasteiger partial charge in [-0.15, -0.1) is 0 Å². The maximum absolute atomic E-state index is 12.1. The van der Waals surface area contributed by atoms with E-state index in [4.69, 9.17) is 4.74 Å². The molecule has 24 heavy (non-hydrogen) atoms. The van der Waals surface area contributed by atoms with Crippen LogP contribution in [-0.2, 0) is 4.79 Å². The molecule has 1 atom stereocenters. The third-order valence-corrected chi connectivity index (χ3v) is 5.12. The Labute approximate surface area is 144 Å². The van der Waals surface area contributed by atoms with Gasteiger partial charge < -0.3 is 10.1 Å². The highest BCUT2D eigenvalue weighted by atomic mass is 32.2. The summed E-state index contributed by atoms with van der Waals surface area (Å²) in [5.74, 6) is 0.957. The van der Waals surface area contributed by atoms with Crippen molar-refractivity contribution in [2.45, 2.75) is 25.7 Å². The van der Waals surface area contributed by atoms with E-state index in [9.17, 15) is 9.59 Å². The zero-order chi connectivity index (χ0) is 16.9. The first-order valence-corrected chi connectivity index (χ1v) is 8.91. The van der Waals surface area contributed by atoms with E-state index in [0.29, 0.717) is 5.69 Å². The van der Waals surface area contributed by atoms with Gasteiger partial charge in [0.15, 0.2) is 0 Å². The van der Waals surface area contributed by atoms with Crippen LogP contribution in [0.25, 0.3) is 0 Å². The topological polar surface area (TPSA) is 80.1 Å². The monoisotopic (exact) mass is 345 g/mol. The summed E-state index contributed by atoms with van der Waals surface area (Å²) in [6.45, 7) is 0. The number of anilines is 1. The number of benzene rings is 1. The molecule has 0 spiro atoms. The Balaban J connectivity index is 1.56. The van der Waals surface area contributed by atoms with Crippen molar-refractivity contribution in [2.24, 2.45) is 15.9 Å². The lowest BCUT2D eigenvalue weighted by atomic mass is 9.87. The zero-order valence-corrected chi connectivity index (χ0v) is 14.3. The van der Waals surface area contributed by atoms with Crippen molar-refractivity contribution < 1.29 is 14.3 Å². The van der Waals surface area contributed by atoms with E-state index in [1.165, 1.54) is 11.8 Å². The normalized spacial score (nSPS) is 19.9. The van der Waals surface area contributed by atoms with Gasteiger partial charge in [-0.2, -0.15) is 4.99 Å². The first kappa shape index (κ1) is 16.7. The summed E-state index contributed by atoms with van der Waals surface area (Å²) in [5.41, 5.74) is 1.64. The molecule has 1 N–H and O–H groups in total. The molecule has 0 bridgehead atoms. The third-order valence-electron chi connectivity index (χ3n) is 4.05. The van der Waals surface area contributed by atoms with Gasteiger partial charge in [0, 0.05) is 17.3 Å². The van der Waals surface area contributed by atoms with Crippen LogP contribution in [-0.4, -0.2) is 35.6 Å². The Morgan fingerprint density at radius 1 is 1.29 bits per heavy atom. The largest absolute Gasteiger partial charge is 0.497 e. The molecule has 1 heterocycles. The van der Waals surface area contributed by atoms with E-state index >= 15 is 0 Å². The van der Waals surface area contributed by atoms with E-state index in [0.717, 1.165) is 42.2 Å². The van der Waals surface area contributed by atoms with Crippen LogP contribution in [0.4, 0.5) is 10.5 Å². The van der Waals surface area contributed by atoms with Gasteiger partial charge in [0.25, 0.3) is 0 Å². The second-order valence-electron chi connectivity index (χ2n) is 5.70. The van der Waals surface area contributed by atoms with Gasteiger partial charge in [-0.1, -0.05) is 18.2 Å². The number of ether oxygens (including phenoxy) is 1. The maximum atomic E-state index is 12.1. The quantitative estimate of drug-likeness (QED) is 0.905. The van der Waals surface area contributed by atoms with Crippen LogP contribution in [0.3, 0.4) is 0 Å². The smallest absolute Gasteiger partial charge is 0.367 e. The van der Waals surface area contributed by atoms with Crippen LogP contribution in [0.2, 0.25) is 0 Å². The number of carbonyl (C=O) groups excluding carboxylic acids is 2. The van der Waals surface area contributed by atoms with Crippen molar-refractivity contribution in [3.8, 4) is 5.75 Å². The van der Waals surface area contributed by atoms with E-state index in [-0.39, 0.29) is 17.6 Å². The minimum absolute atomic E-state index is 0.121. The fourth-order valence-electron chi connectivity index (χ4n) is 2.86. The first-order chi connectivity index (χ1) is 11.7. The average Bonchev–Trinajstić information content (AvgIpc) is 2.60. The van der Waals surface area contributed by atoms with E-state index in [1.54, 1.807) is 31.4 Å². The molecule has 3 amide bonds. The minimum Gasteiger partial charge on any atom is -0.497 e. The summed E-state index contributed by atoms with van der Waals surface area (Å²) in [6, 6.07) is 6.71. The van der Waals surface area contributed by atoms with Gasteiger partial charge in [-0.25, -0.2) is 9.79 Å². The number of rotatable bonds is 4. The number of nitrogens with one attached hydrogen (secondary N) is 1. The Hall–Kier alpha value is -2.15. The van der Waals surface area contributed by atoms with Crippen LogP contribution in [0.1, 0.15) is 25.7 Å². The number of nitrogens with zero attached hydrogens (tertiary/aromatic N) is 2. The maximum Gasteiger partial charge on any atom is 0.367 e. The molecular weight excluding hydrogens is 326 g/mol. The summed E-state index contributed by atoms with van der Waals surface area (Å²) in [7, 11) is 1.60. The summed E-state index contributed by atoms with van der Waals surface area (Å²) in [5, 5.41) is 3.56. The van der Waals surface area contributed by atoms with Crippen LogP contribution < -0.4 is 10.1 Å². The molecule has 0 saturated heterocycles. The molecule has 2 aliphatic rings. The molecule has 1 aliphatic carbocycles. The van der Waals surface area contributed by atoms with Crippen molar-refractivity contribution in [1.29, 1.82) is 0 Å². The fourth-order valence-corrected chi connectivity index (χ4v) is 3.81. The molecule has 0 radical (unpaired) electrons. The number of hydrogen-bond acceptors (Lipinski definition) is 4. The number of urea groups is 1. The molecule has 1 aromatic rings. The molecule has 126 valence electrons. The van der Waals surface area contributed by atoms with Gasteiger partial charge in [0.1, 0.15) is 5.75 Å². The summed E-state index contributed by atoms with van der Waals surface area (Å²) >= 11 is 1.33. The predicted octanol–water partition coefficient (Wildman–Crippen LogP) is 3.53. The standard InChI is InChI=1S/C17H19N3O3S/c1-23-12-8-6-11(7-9-12)18-15(21)10-24-16-13-4-2-3-5-14(13)19-17(22)20-16/h6-9,13H,2-5,10H2,1H3,(H,18,21). The van der Waals surface area contributed by atoms with Crippen molar-refractivity contribution in [1.82, 2.24) is 0 Å². The zero-order valence-electron chi connectivity index (χ0n) is 13.4. The molecule has 7 heteroatoms. The van der Waals surface area contributed by atoms with Crippen molar-refractivity contribution in [3.63, 3.8) is 0 Å². The highest BCUT2D eigenvalue weighted by molar-refractivity contribution is 8.14. The van der Waals surface area contributed by atoms with Crippen LogP contribution in [0.5, 0.6) is 5.75 Å². The number of amides is 3. The van der Waals surface area contributed by atoms with Gasteiger partial charge in [0.05, 0.1) is 17.9 Å². The molecule has 3 rings (SSSR count). The highest BCUT2D eigenvalue weighted by Crippen LogP contribution is 2.30. The molecule has 1 unspecified atom stereocenters. The summed E-state index contributed by atoms with van der Waals surface area (Å²) in [6.07, 6.45) is 3.99. The predicted molar refractivity (Wildman–Crippen MR) is 96.3 cm³/mol. The molecule has 6 nitrogen and oxygen atoms in total. The fraction of sp³-hybridized carbons (Fsp3) is 0.412. The van der Waals surface area contributed by atoms with Crippen LogP contribution in [0, 0.1) is 5.92 Å². The van der Waals surface area contributed by atoms with Gasteiger partial charge >= 0.3 is 6.03 Å². The Morgan fingerprint density at radius 2 is 2.08 bits per heavy atom. The first-order valence-electron chi connectivity index (χ1n) is 7.92. The summed E-state index contributed by atoms with van der Waals surface area (Å²) < 4.78 is 5.09. The molecule has 1 saturated carbocycles. The number of hydrogen-bond donors (Lipinski definition) is 1. The molecule has 0 aromatic heterocycles. The van der Waals surface area contributed by atoms with Crippen LogP contribution >= 0.6 is 11.8 Å². The van der Waals surface area contributed by atoms with Crippen molar-refractivity contribution in [3.05, 3.63) is 24.3 Å². The number of aliphatic imine (C=N–C) groups is 2.